The summed E-state index contributed by atoms with van der Waals surface area (Å²) in [4.78, 5) is 38.0. The van der Waals surface area contributed by atoms with Crippen LogP contribution in [-0.4, -0.2) is 75.6 Å². The maximum absolute atomic E-state index is 12.9. The number of carbonyl (C=O) groups is 3. The minimum absolute atomic E-state index is 0.0887. The number of para-hydroxylation sites is 1. The molecule has 11 nitrogen and oxygen atoms in total. The lowest BCUT2D eigenvalue weighted by Gasteiger charge is -2.33. The van der Waals surface area contributed by atoms with E-state index in [4.69, 9.17) is 36.8 Å². The second-order valence-corrected chi connectivity index (χ2v) is 13.3. The van der Waals surface area contributed by atoms with E-state index in [1.54, 1.807) is 44.2 Å². The molecule has 13 heteroatoms. The first-order chi connectivity index (χ1) is 18.8. The first-order valence-corrected chi connectivity index (χ1v) is 15.4. The second-order valence-electron chi connectivity index (χ2n) is 10.2. The number of esters is 1. The fourth-order valence-corrected chi connectivity index (χ4v) is 6.49. The summed E-state index contributed by atoms with van der Waals surface area (Å²) in [5.41, 5.74) is -2.31. The Balaban J connectivity index is 1.86. The van der Waals surface area contributed by atoms with Gasteiger partial charge in [-0.3, -0.25) is 19.3 Å². The Morgan fingerprint density at radius 2 is 1.98 bits per heavy atom. The van der Waals surface area contributed by atoms with Crippen molar-refractivity contribution in [1.82, 2.24) is 9.99 Å². The topological polar surface area (TPSA) is 144 Å². The maximum atomic E-state index is 12.9. The Hall–Kier alpha value is -2.62. The minimum atomic E-state index is -3.53. The normalized spacial score (nSPS) is 27.0. The third-order valence-corrected chi connectivity index (χ3v) is 8.46. The third-order valence-electron chi connectivity index (χ3n) is 6.04. The zero-order chi connectivity index (χ0) is 29.7. The highest BCUT2D eigenvalue weighted by Gasteiger charge is 2.58. The molecule has 3 N–H and O–H groups in total. The van der Waals surface area contributed by atoms with E-state index in [-0.39, 0.29) is 12.0 Å². The van der Waals surface area contributed by atoms with Gasteiger partial charge in [-0.25, -0.2) is 5.09 Å². The number of carbonyl (C=O) groups excluding carboxylic acids is 3. The van der Waals surface area contributed by atoms with Crippen molar-refractivity contribution >= 4 is 36.1 Å². The molecular weight excluding hydrogens is 559 g/mol. The molecule has 2 aliphatic rings. The van der Waals surface area contributed by atoms with Crippen LogP contribution in [0.5, 0.6) is 5.75 Å². The zero-order valence-electron chi connectivity index (χ0n) is 22.8. The van der Waals surface area contributed by atoms with E-state index >= 15 is 0 Å². The first-order valence-electron chi connectivity index (χ1n) is 12.8. The largest absolute Gasteiger partial charge is 0.462 e. The number of terminal acetylenes is 1. The minimum Gasteiger partial charge on any atom is -0.462 e. The van der Waals surface area contributed by atoms with E-state index in [1.807, 2.05) is 13.8 Å². The van der Waals surface area contributed by atoms with E-state index in [1.165, 1.54) is 0 Å². The fraction of sp³-hybridized carbons (Fsp3) is 0.519. The van der Waals surface area contributed by atoms with Crippen LogP contribution in [0.3, 0.4) is 0 Å². The average molecular weight is 595 g/mol. The standard InChI is InChI=1S/C27H35N2O9PS/c1-6-27(34)24(32)22(37-26(27)29-13-12-19(30)15-23(29)31)16-35-39(40,38-20-10-8-7-9-11-20)28-21(14-17(2)3)25(33)36-18(4)5/h1,7-13,17-18,21-22,24,26,32,34H,14-16H2,2-5H3,(H,28,40)/t21-,22+,24+,26+,27+,39?/m0/s1. The molecule has 1 aromatic carbocycles. The van der Waals surface area contributed by atoms with Gasteiger partial charge < -0.3 is 28.7 Å². The summed E-state index contributed by atoms with van der Waals surface area (Å²) >= 11 is 5.79. The molecule has 1 saturated heterocycles. The van der Waals surface area contributed by atoms with E-state index in [2.05, 4.69) is 11.0 Å². The summed E-state index contributed by atoms with van der Waals surface area (Å²) in [5.74, 6) is 0.977. The number of nitrogens with zero attached hydrogens (tertiary/aromatic N) is 1. The van der Waals surface area contributed by atoms with Crippen LogP contribution in [0.15, 0.2) is 42.6 Å². The van der Waals surface area contributed by atoms with Gasteiger partial charge in [0.25, 0.3) is 0 Å². The number of aliphatic hydroxyl groups excluding tert-OH is 1. The summed E-state index contributed by atoms with van der Waals surface area (Å²) in [5, 5.41) is 25.1. The number of ketones is 1. The van der Waals surface area contributed by atoms with Crippen molar-refractivity contribution in [3.63, 3.8) is 0 Å². The molecule has 2 aliphatic heterocycles. The van der Waals surface area contributed by atoms with Gasteiger partial charge in [0, 0.05) is 6.20 Å². The Morgan fingerprint density at radius 3 is 2.55 bits per heavy atom. The van der Waals surface area contributed by atoms with Gasteiger partial charge >= 0.3 is 12.6 Å². The molecule has 1 amide bonds. The highest BCUT2D eigenvalue weighted by atomic mass is 32.5. The molecule has 0 saturated carbocycles. The number of hydrogen-bond donors (Lipinski definition) is 3. The van der Waals surface area contributed by atoms with Gasteiger partial charge in [-0.2, -0.15) is 0 Å². The Morgan fingerprint density at radius 1 is 1.30 bits per heavy atom. The van der Waals surface area contributed by atoms with Crippen molar-refractivity contribution in [2.24, 2.45) is 5.92 Å². The lowest BCUT2D eigenvalue weighted by Crippen LogP contribution is -2.55. The number of amides is 1. The molecule has 0 aliphatic carbocycles. The van der Waals surface area contributed by atoms with Crippen LogP contribution in [-0.2, 0) is 40.2 Å². The van der Waals surface area contributed by atoms with E-state index in [0.717, 1.165) is 17.2 Å². The molecular formula is C27H35N2O9PS. The fourth-order valence-electron chi connectivity index (χ4n) is 4.15. The van der Waals surface area contributed by atoms with Crippen LogP contribution >= 0.6 is 6.64 Å². The first kappa shape index (κ1) is 31.9. The van der Waals surface area contributed by atoms with Crippen molar-refractivity contribution in [2.45, 2.75) is 76.7 Å². The Labute approximate surface area is 239 Å². The van der Waals surface area contributed by atoms with Gasteiger partial charge in [-0.15, -0.1) is 6.42 Å². The molecule has 2 heterocycles. The zero-order valence-corrected chi connectivity index (χ0v) is 24.5. The predicted molar refractivity (Wildman–Crippen MR) is 149 cm³/mol. The molecule has 0 bridgehead atoms. The highest BCUT2D eigenvalue weighted by molar-refractivity contribution is 8.09. The van der Waals surface area contributed by atoms with Crippen LogP contribution in [0.4, 0.5) is 0 Å². The van der Waals surface area contributed by atoms with Crippen LogP contribution < -0.4 is 9.61 Å². The monoisotopic (exact) mass is 594 g/mol. The smallest absolute Gasteiger partial charge is 0.323 e. The molecule has 0 spiro atoms. The van der Waals surface area contributed by atoms with Crippen molar-refractivity contribution in [3.05, 3.63) is 42.6 Å². The summed E-state index contributed by atoms with van der Waals surface area (Å²) in [6, 6.07) is 7.74. The van der Waals surface area contributed by atoms with Crippen LogP contribution in [0.1, 0.15) is 40.5 Å². The van der Waals surface area contributed by atoms with Crippen molar-refractivity contribution < 1.29 is 43.1 Å². The van der Waals surface area contributed by atoms with Gasteiger partial charge in [-0.1, -0.05) is 38.0 Å². The summed E-state index contributed by atoms with van der Waals surface area (Å²) in [6.45, 7) is 3.39. The number of aliphatic hydroxyl groups is 2. The van der Waals surface area contributed by atoms with E-state index in [9.17, 15) is 24.6 Å². The quantitative estimate of drug-likeness (QED) is 0.142. The highest BCUT2D eigenvalue weighted by Crippen LogP contribution is 2.47. The van der Waals surface area contributed by atoms with E-state index < -0.39 is 67.4 Å². The molecule has 1 aromatic rings. The number of ether oxygens (including phenoxy) is 2. The Bertz CT molecular complexity index is 1200. The molecule has 1 fully saturated rings. The lowest BCUT2D eigenvalue weighted by atomic mass is 9.94. The lowest BCUT2D eigenvalue weighted by molar-refractivity contribution is -0.153. The third kappa shape index (κ3) is 7.77. The molecule has 0 radical (unpaired) electrons. The molecule has 6 atom stereocenters. The molecule has 3 rings (SSSR count). The van der Waals surface area contributed by atoms with Crippen molar-refractivity contribution in [3.8, 4) is 18.1 Å². The number of rotatable bonds is 12. The Kier molecular flexibility index (Phi) is 10.7. The number of allylic oxidation sites excluding steroid dienone is 1. The van der Waals surface area contributed by atoms with Gasteiger partial charge in [-0.05, 0) is 56.2 Å². The number of benzene rings is 1. The van der Waals surface area contributed by atoms with Gasteiger partial charge in [0.05, 0.1) is 19.1 Å². The van der Waals surface area contributed by atoms with Crippen LogP contribution in [0, 0.1) is 18.3 Å². The molecule has 40 heavy (non-hydrogen) atoms. The van der Waals surface area contributed by atoms with Gasteiger partial charge in [0.2, 0.25) is 5.91 Å². The SMILES string of the molecule is C#C[C@@]1(O)[C@H](O)[C@@H](COP(=S)(N[C@@H](CC(C)C)C(=O)OC(C)C)Oc2ccccc2)O[C@H]1N1C=CC(=O)CC1=O. The number of nitrogens with one attached hydrogen (secondary N) is 1. The second kappa shape index (κ2) is 13.4. The summed E-state index contributed by atoms with van der Waals surface area (Å²) in [7, 11) is 0. The van der Waals surface area contributed by atoms with Crippen molar-refractivity contribution in [2.75, 3.05) is 6.61 Å². The maximum Gasteiger partial charge on any atom is 0.323 e. The predicted octanol–water partition coefficient (Wildman–Crippen LogP) is 2.03. The van der Waals surface area contributed by atoms with Crippen molar-refractivity contribution in [1.29, 1.82) is 0 Å². The summed E-state index contributed by atoms with van der Waals surface area (Å²) in [6.07, 6.45) is 2.99. The van der Waals surface area contributed by atoms with Crippen LogP contribution in [0.25, 0.3) is 0 Å². The average Bonchev–Trinajstić information content (AvgIpc) is 3.12. The van der Waals surface area contributed by atoms with Gasteiger partial charge in [0.1, 0.15) is 24.0 Å². The molecule has 1 unspecified atom stereocenters. The van der Waals surface area contributed by atoms with Crippen LogP contribution in [0.2, 0.25) is 0 Å². The van der Waals surface area contributed by atoms with E-state index in [0.29, 0.717) is 12.2 Å². The van der Waals surface area contributed by atoms with Gasteiger partial charge in [0.15, 0.2) is 17.6 Å². The summed E-state index contributed by atoms with van der Waals surface area (Å²) < 4.78 is 23.3. The molecule has 218 valence electrons. The molecule has 0 aromatic heterocycles. The number of hydrogen-bond acceptors (Lipinski definition) is 10.